The number of nitrogens with two attached hydrogens (primary N) is 1. The van der Waals surface area contributed by atoms with Crippen molar-refractivity contribution in [3.63, 3.8) is 0 Å². The van der Waals surface area contributed by atoms with Gasteiger partial charge in [-0.2, -0.15) is 0 Å². The lowest BCUT2D eigenvalue weighted by Crippen LogP contribution is -2.41. The van der Waals surface area contributed by atoms with Crippen LogP contribution in [0.25, 0.3) is 10.1 Å². The molecule has 2 heterocycles. The highest BCUT2D eigenvalue weighted by molar-refractivity contribution is 7.17. The molecule has 1 saturated heterocycles. The molecule has 4 rings (SSSR count). The molecule has 29 heavy (non-hydrogen) atoms. The van der Waals surface area contributed by atoms with E-state index in [1.807, 2.05) is 41.6 Å². The van der Waals surface area contributed by atoms with Crippen LogP contribution in [0.1, 0.15) is 40.2 Å². The van der Waals surface area contributed by atoms with Gasteiger partial charge >= 0.3 is 0 Å². The molecule has 0 atom stereocenters. The van der Waals surface area contributed by atoms with E-state index in [4.69, 9.17) is 5.73 Å². The summed E-state index contributed by atoms with van der Waals surface area (Å²) in [6, 6.07) is 14.6. The van der Waals surface area contributed by atoms with E-state index in [0.29, 0.717) is 12.5 Å². The van der Waals surface area contributed by atoms with Crippen LogP contribution in [0.2, 0.25) is 13.1 Å². The van der Waals surface area contributed by atoms with Crippen molar-refractivity contribution in [1.29, 1.82) is 0 Å². The number of piperidine rings is 1. The summed E-state index contributed by atoms with van der Waals surface area (Å²) in [7, 11) is -2.40. The Hall–Kier alpha value is -1.99. The van der Waals surface area contributed by atoms with Crippen LogP contribution < -0.4 is 10.9 Å². The average molecular weight is 425 g/mol. The summed E-state index contributed by atoms with van der Waals surface area (Å²) < 4.78 is 1.10. The average Bonchev–Trinajstić information content (AvgIpc) is 3.16. The summed E-state index contributed by atoms with van der Waals surface area (Å²) in [5.41, 5.74) is 9.05. The molecule has 1 aliphatic heterocycles. The lowest BCUT2D eigenvalue weighted by atomic mass is 9.88. The highest BCUT2D eigenvalue weighted by Crippen LogP contribution is 2.31. The lowest BCUT2D eigenvalue weighted by molar-refractivity contribution is 0.0715. The third-order valence-electron chi connectivity index (χ3n) is 5.95. The summed E-state index contributed by atoms with van der Waals surface area (Å²) in [6.07, 6.45) is 1.95. The van der Waals surface area contributed by atoms with E-state index in [1.165, 1.54) is 5.56 Å². The number of fused-ring (bicyclic) bond motifs is 1. The van der Waals surface area contributed by atoms with Crippen molar-refractivity contribution in [3.05, 3.63) is 64.5 Å². The summed E-state index contributed by atoms with van der Waals surface area (Å²) in [5, 5.41) is 3.92. The van der Waals surface area contributed by atoms with Crippen molar-refractivity contribution >= 4 is 40.8 Å². The van der Waals surface area contributed by atoms with Gasteiger partial charge < -0.3 is 15.4 Å². The Kier molecular flexibility index (Phi) is 5.62. The summed E-state index contributed by atoms with van der Waals surface area (Å²) in [6.45, 7) is 5.92. The maximum absolute atomic E-state index is 13.2. The Morgan fingerprint density at radius 3 is 2.66 bits per heavy atom. The predicted octanol–water partition coefficient (Wildman–Crippen LogP) is 3.78. The van der Waals surface area contributed by atoms with Gasteiger partial charge in [-0.25, -0.2) is 0 Å². The first-order chi connectivity index (χ1) is 13.9. The predicted molar refractivity (Wildman–Crippen MR) is 123 cm³/mol. The summed E-state index contributed by atoms with van der Waals surface area (Å²) in [5.74, 6) is 0.595. The van der Waals surface area contributed by atoms with Crippen molar-refractivity contribution in [2.75, 3.05) is 13.1 Å². The van der Waals surface area contributed by atoms with Crippen LogP contribution in [0.5, 0.6) is 0 Å². The zero-order valence-electron chi connectivity index (χ0n) is 17.0. The van der Waals surface area contributed by atoms with Gasteiger partial charge in [-0.05, 0) is 54.2 Å². The minimum absolute atomic E-state index is 0.111. The first-order valence-corrected chi connectivity index (χ1v) is 14.0. The van der Waals surface area contributed by atoms with E-state index in [9.17, 15) is 9.59 Å². The molecule has 0 bridgehead atoms. The molecule has 1 aromatic heterocycles. The van der Waals surface area contributed by atoms with Gasteiger partial charge in [0.05, 0.1) is 5.56 Å². The molecule has 2 aromatic carbocycles. The SMILES string of the molecule is C[Si](C)(O)c1ccc2scc(C(=O)N3CCC(c4cccc(CN)c4)CC3)c2c1. The molecular weight excluding hydrogens is 396 g/mol. The van der Waals surface area contributed by atoms with Crippen LogP contribution in [-0.2, 0) is 6.54 Å². The maximum Gasteiger partial charge on any atom is 0.255 e. The molecular formula is C23H28N2O2SSi. The fourth-order valence-corrected chi connectivity index (χ4v) is 6.04. The van der Waals surface area contributed by atoms with Crippen LogP contribution >= 0.6 is 11.3 Å². The topological polar surface area (TPSA) is 66.6 Å². The Morgan fingerprint density at radius 1 is 1.21 bits per heavy atom. The highest BCUT2D eigenvalue weighted by Gasteiger charge is 2.27. The van der Waals surface area contributed by atoms with Gasteiger partial charge in [0.2, 0.25) is 8.32 Å². The van der Waals surface area contributed by atoms with E-state index in [0.717, 1.165) is 52.3 Å². The Morgan fingerprint density at radius 2 is 1.97 bits per heavy atom. The minimum Gasteiger partial charge on any atom is -0.428 e. The van der Waals surface area contributed by atoms with E-state index in [-0.39, 0.29) is 5.91 Å². The van der Waals surface area contributed by atoms with Crippen LogP contribution in [0, 0.1) is 0 Å². The lowest BCUT2D eigenvalue weighted by Gasteiger charge is -2.32. The van der Waals surface area contributed by atoms with Crippen LogP contribution in [0.3, 0.4) is 0 Å². The number of hydrogen-bond donors (Lipinski definition) is 2. The second kappa shape index (κ2) is 8.03. The third kappa shape index (κ3) is 4.16. The zero-order chi connectivity index (χ0) is 20.6. The highest BCUT2D eigenvalue weighted by atomic mass is 32.1. The molecule has 6 heteroatoms. The first kappa shape index (κ1) is 20.3. The minimum atomic E-state index is -2.40. The van der Waals surface area contributed by atoms with Gasteiger partial charge in [-0.15, -0.1) is 11.3 Å². The van der Waals surface area contributed by atoms with Crippen LogP contribution in [0.15, 0.2) is 47.8 Å². The van der Waals surface area contributed by atoms with E-state index in [1.54, 1.807) is 11.3 Å². The molecule has 3 aromatic rings. The molecule has 3 N–H and O–H groups in total. The zero-order valence-corrected chi connectivity index (χ0v) is 18.8. The molecule has 1 aliphatic rings. The van der Waals surface area contributed by atoms with Gasteiger partial charge in [-0.1, -0.05) is 36.4 Å². The molecule has 0 aliphatic carbocycles. The molecule has 1 amide bonds. The summed E-state index contributed by atoms with van der Waals surface area (Å²) in [4.78, 5) is 25.7. The number of carbonyl (C=O) groups excluding carboxylic acids is 1. The molecule has 0 spiro atoms. The number of likely N-dealkylation sites (tertiary alicyclic amines) is 1. The van der Waals surface area contributed by atoms with Crippen molar-refractivity contribution < 1.29 is 9.59 Å². The number of nitrogens with zero attached hydrogens (tertiary/aromatic N) is 1. The fraction of sp³-hybridized carbons (Fsp3) is 0.348. The number of carbonyl (C=O) groups is 1. The fourth-order valence-electron chi connectivity index (χ4n) is 4.14. The number of benzene rings is 2. The van der Waals surface area contributed by atoms with Gasteiger partial charge in [0.15, 0.2) is 0 Å². The Balaban J connectivity index is 1.51. The van der Waals surface area contributed by atoms with Crippen molar-refractivity contribution in [2.45, 2.75) is 38.4 Å². The third-order valence-corrected chi connectivity index (χ3v) is 8.64. The number of amides is 1. The molecule has 152 valence electrons. The first-order valence-electron chi connectivity index (χ1n) is 10.2. The standard InChI is InChI=1S/C23H28N2O2SSi/c1-29(2,27)19-6-7-22-20(13-19)21(15-28-22)23(26)25-10-8-17(9-11-25)18-5-3-4-16(12-18)14-24/h3-7,12-13,15,17,27H,8-11,14,24H2,1-2H3. The largest absolute Gasteiger partial charge is 0.428 e. The number of thiophene rings is 1. The second-order valence-electron chi connectivity index (χ2n) is 8.43. The van der Waals surface area contributed by atoms with Crippen LogP contribution in [0.4, 0.5) is 0 Å². The monoisotopic (exact) mass is 424 g/mol. The second-order valence-corrected chi connectivity index (χ2v) is 13.0. The van der Waals surface area contributed by atoms with E-state index < -0.39 is 8.32 Å². The number of rotatable bonds is 4. The Labute approximate surface area is 177 Å². The van der Waals surface area contributed by atoms with Crippen molar-refractivity contribution in [3.8, 4) is 0 Å². The van der Waals surface area contributed by atoms with Gasteiger partial charge in [-0.3, -0.25) is 4.79 Å². The maximum atomic E-state index is 13.2. The molecule has 4 nitrogen and oxygen atoms in total. The molecule has 0 unspecified atom stereocenters. The Bertz CT molecular complexity index is 1030. The van der Waals surface area contributed by atoms with E-state index in [2.05, 4.69) is 24.3 Å². The van der Waals surface area contributed by atoms with Gasteiger partial charge in [0, 0.05) is 35.1 Å². The summed E-state index contributed by atoms with van der Waals surface area (Å²) >= 11 is 1.60. The van der Waals surface area contributed by atoms with Gasteiger partial charge in [0.25, 0.3) is 5.91 Å². The normalized spacial score (nSPS) is 15.8. The van der Waals surface area contributed by atoms with Crippen molar-refractivity contribution in [2.24, 2.45) is 5.73 Å². The number of hydrogen-bond acceptors (Lipinski definition) is 4. The molecule has 1 fully saturated rings. The smallest absolute Gasteiger partial charge is 0.255 e. The van der Waals surface area contributed by atoms with E-state index >= 15 is 0 Å². The van der Waals surface area contributed by atoms with Gasteiger partial charge in [0.1, 0.15) is 0 Å². The van der Waals surface area contributed by atoms with Crippen molar-refractivity contribution in [1.82, 2.24) is 4.90 Å². The van der Waals surface area contributed by atoms with Crippen LogP contribution in [-0.4, -0.2) is 37.0 Å². The molecule has 0 saturated carbocycles. The quantitative estimate of drug-likeness (QED) is 0.626. The molecule has 0 radical (unpaired) electrons.